The second-order valence-corrected chi connectivity index (χ2v) is 21.9. The average molecular weight is 1480 g/mol. The van der Waals surface area contributed by atoms with Crippen molar-refractivity contribution < 1.29 is 165 Å². The number of halogens is 2. The van der Waals surface area contributed by atoms with E-state index in [2.05, 4.69) is 14.8 Å². The number of benzene rings is 1. The molecule has 5 aliphatic heterocycles. The van der Waals surface area contributed by atoms with Crippen molar-refractivity contribution in [3.05, 3.63) is 55.1 Å². The van der Waals surface area contributed by atoms with Crippen molar-refractivity contribution in [2.24, 2.45) is 11.7 Å². The number of rotatable bonds is 12. The Bertz CT molecular complexity index is 2410. The maximum atomic E-state index is 11.4. The first-order chi connectivity index (χ1) is 43.3. The van der Waals surface area contributed by atoms with Crippen LogP contribution in [-0.2, 0) is 119 Å². The van der Waals surface area contributed by atoms with Gasteiger partial charge in [0.2, 0.25) is 5.91 Å². The Morgan fingerprint density at radius 1 is 0.490 bits per heavy atom. The molecule has 32 nitrogen and oxygen atoms in total. The summed E-state index contributed by atoms with van der Waals surface area (Å²) in [6.45, 7) is 22.0. The summed E-state index contributed by atoms with van der Waals surface area (Å²) >= 11 is 5.54. The van der Waals surface area contributed by atoms with Crippen LogP contribution in [0.1, 0.15) is 123 Å². The van der Waals surface area contributed by atoms with Gasteiger partial charge in [-0.25, -0.2) is 0 Å². The van der Waals surface area contributed by atoms with Gasteiger partial charge in [0.15, 0.2) is 43.1 Å². The van der Waals surface area contributed by atoms with Crippen molar-refractivity contribution in [3.8, 4) is 0 Å². The molecule has 0 aromatic heterocycles. The summed E-state index contributed by atoms with van der Waals surface area (Å²) in [5.74, 6) is -3.99. The van der Waals surface area contributed by atoms with Gasteiger partial charge in [-0.2, -0.15) is 0 Å². The first-order valence-electron chi connectivity index (χ1n) is 29.7. The summed E-state index contributed by atoms with van der Waals surface area (Å²) in [5, 5.41) is 84.2. The van der Waals surface area contributed by atoms with E-state index in [0.29, 0.717) is 19.3 Å². The molecular weight excluding hydrogens is 1380 g/mol. The van der Waals surface area contributed by atoms with Crippen molar-refractivity contribution >= 4 is 77.7 Å². The number of carbonyl (C=O) groups is 9. The van der Waals surface area contributed by atoms with Crippen LogP contribution in [0.25, 0.3) is 0 Å². The number of ether oxygens (including phenoxy) is 12. The minimum Gasteiger partial charge on any atom is -0.494 e. The van der Waals surface area contributed by atoms with Crippen molar-refractivity contribution in [3.63, 3.8) is 0 Å². The first kappa shape index (κ1) is 97.2. The fourth-order valence-corrected chi connectivity index (χ4v) is 9.38. The predicted molar refractivity (Wildman–Crippen MR) is 335 cm³/mol. The normalized spacial score (nSPS) is 32.0. The topological polar surface area (TPSA) is 485 Å². The van der Waals surface area contributed by atoms with E-state index >= 15 is 0 Å². The van der Waals surface area contributed by atoms with Gasteiger partial charge in [-0.3, -0.25) is 43.2 Å². The van der Waals surface area contributed by atoms with Crippen LogP contribution in [0, 0.1) is 13.3 Å². The molecule has 35 heteroatoms. The largest absolute Gasteiger partial charge is 0.494 e. The fraction of sp³-hybridized carbons (Fsp3) is 0.705. The minimum atomic E-state index is -1.57. The Morgan fingerprint density at radius 3 is 1.25 bits per heavy atom. The summed E-state index contributed by atoms with van der Waals surface area (Å²) in [4.78, 5) is 97.9. The van der Waals surface area contributed by atoms with Gasteiger partial charge in [-0.15, -0.1) is 12.4 Å². The number of aliphatic hydroxyl groups is 9. The zero-order valence-electron chi connectivity index (χ0n) is 57.0. The summed E-state index contributed by atoms with van der Waals surface area (Å²) in [6, 6.07) is 7.83. The van der Waals surface area contributed by atoms with Crippen LogP contribution in [0.2, 0.25) is 5.02 Å². The van der Waals surface area contributed by atoms with E-state index in [1.54, 1.807) is 13.0 Å². The van der Waals surface area contributed by atoms with E-state index in [9.17, 15) is 53.4 Å². The second-order valence-electron chi connectivity index (χ2n) is 21.4. The standard InChI is InChI=1S/C14H23NO6.C13H22O5.C11H16O5.C6H5Cl.C6H13NO5.C6H12O6.C4H6O3.CH3.ClH.Zn/c1-6-11-13(20-9(4)17)14(21-10(5)18)12(7(2)19-11)15-8(3)16;1-6-11-13(18-10(5)15)12(17-9(4)14)7(2)8(3)16-11;1-4-9-11(16-8(3)13)10(5-6-14-9)15-7(2)12;7-6-4-2-1-3-5-6;7-3-5(10)4(9)2(1-8)12-6(3)11;7-1-2-3(8)4(9)5(10)6(11)12-2;1-3(5)7-4(2)6;;;/h7,11-14H,6H2,1-5H3,(H,15,16);7-8,11-13H,6H2,1-5H3;5-6,9-11H,4H2,1-3H3;1-5H;2-6,8-11H,1,7H2;2-11H,1H2;1-2H3;1H3;1H;/q;;;;;;;-1;;/t7-,11?,12+,13+,14?;7-,8+,11?,12?,13-;9?,10-,11-;;2?,3-,4+,5?,6+;2?,3-,4?,5+,6-;;;;/m100.10..../s1. The molecule has 4 fully saturated rings. The molecule has 12 N–H and O–H groups in total. The molecule has 1 amide bonds. The average Bonchev–Trinajstić information content (AvgIpc) is 0.807. The molecule has 5 heterocycles. The van der Waals surface area contributed by atoms with Crippen LogP contribution in [0.5, 0.6) is 0 Å². The summed E-state index contributed by atoms with van der Waals surface area (Å²) in [5.41, 5.74) is 5.26. The molecule has 0 saturated carbocycles. The third-order valence-electron chi connectivity index (χ3n) is 13.7. The van der Waals surface area contributed by atoms with Crippen LogP contribution < -0.4 is 11.1 Å². The zero-order valence-corrected chi connectivity index (χ0v) is 61.6. The van der Waals surface area contributed by atoms with Gasteiger partial charge in [0, 0.05) is 92.7 Å². The van der Waals surface area contributed by atoms with Crippen LogP contribution >= 0.6 is 24.0 Å². The number of esters is 8. The first-order valence-corrected chi connectivity index (χ1v) is 30.1. The molecule has 1 aromatic rings. The van der Waals surface area contributed by atoms with Crippen molar-refractivity contribution in [2.75, 3.05) is 13.2 Å². The van der Waals surface area contributed by atoms with Crippen molar-refractivity contribution in [1.29, 1.82) is 0 Å². The molecule has 1 aromatic carbocycles. The molecular formula is C61H101Cl2N2O30Zn-. The van der Waals surface area contributed by atoms with Crippen LogP contribution in [0.15, 0.2) is 42.7 Å². The number of nitrogens with one attached hydrogen (secondary N) is 1. The fourth-order valence-electron chi connectivity index (χ4n) is 9.23. The van der Waals surface area contributed by atoms with E-state index in [4.69, 9.17) is 100 Å². The molecule has 0 aliphatic carbocycles. The van der Waals surface area contributed by atoms with Gasteiger partial charge in [0.05, 0.1) is 56.0 Å². The molecule has 6 rings (SSSR count). The van der Waals surface area contributed by atoms with E-state index in [1.807, 2.05) is 65.0 Å². The summed E-state index contributed by atoms with van der Waals surface area (Å²) in [7, 11) is 0. The maximum Gasteiger partial charge on any atom is 0.310 e. The molecule has 0 spiro atoms. The summed E-state index contributed by atoms with van der Waals surface area (Å²) < 4.78 is 61.5. The molecule has 0 radical (unpaired) electrons. The van der Waals surface area contributed by atoms with Crippen molar-refractivity contribution in [1.82, 2.24) is 5.32 Å². The van der Waals surface area contributed by atoms with Crippen LogP contribution in [0.4, 0.5) is 0 Å². The third kappa shape index (κ3) is 35.6. The minimum absolute atomic E-state index is 0. The second kappa shape index (κ2) is 50.2. The Labute approximate surface area is 583 Å². The Kier molecular flexibility index (Phi) is 50.8. The zero-order chi connectivity index (χ0) is 71.7. The Balaban J connectivity index is -0.000000526. The Morgan fingerprint density at radius 2 is 0.875 bits per heavy atom. The van der Waals surface area contributed by atoms with Crippen LogP contribution in [0.3, 0.4) is 0 Å². The van der Waals surface area contributed by atoms with Gasteiger partial charge in [-0.1, -0.05) is 57.5 Å². The van der Waals surface area contributed by atoms with Crippen LogP contribution in [-0.4, -0.2) is 247 Å². The number of nitrogens with two attached hydrogens (primary N) is 1. The van der Waals surface area contributed by atoms with E-state index in [-0.39, 0.29) is 87.5 Å². The van der Waals surface area contributed by atoms with Gasteiger partial charge >= 0.3 is 47.8 Å². The number of carbonyl (C=O) groups excluding carboxylic acids is 9. The van der Waals surface area contributed by atoms with Crippen molar-refractivity contribution in [2.45, 2.75) is 258 Å². The van der Waals surface area contributed by atoms with E-state index in [1.165, 1.54) is 68.6 Å². The molecule has 552 valence electrons. The smallest absolute Gasteiger partial charge is 0.310 e. The predicted octanol–water partition coefficient (Wildman–Crippen LogP) is 0.236. The molecule has 23 atom stereocenters. The molecule has 4 saturated heterocycles. The summed E-state index contributed by atoms with van der Waals surface area (Å²) in [6.07, 6.45) is -11.8. The quantitative estimate of drug-likeness (QED) is 0.0439. The van der Waals surface area contributed by atoms with Gasteiger partial charge in [-0.05, 0) is 51.3 Å². The SMILES string of the molecule is CC(=O)OC(C)=O.CCC1OC=C[C@H](OC(C)=O)[C@H]1OC(C)=O.CCC1O[C@H](C)[C@H](C)C(OC(C)=O)[C@H]1OC(C)=O.CCC1O[C@H](C)[C@H](NC(C)=O)C(OC(C)=O)[C@H]1OC(C)=O.Cl.Clc1ccccc1.N[C@@H]1C(O)[C@@H](O)C(CO)O[C@@H]1O.OCC1O[C@H](O)[C@H](O)C(O)[C@H]1O.[CH3-].[Zn]. The van der Waals surface area contributed by atoms with Gasteiger partial charge in [0.25, 0.3) is 0 Å². The Hall–Kier alpha value is -5.17. The number of amides is 1. The molecule has 9 unspecified atom stereocenters. The van der Waals surface area contributed by atoms with E-state index < -0.39 is 159 Å². The number of aliphatic hydroxyl groups excluding tert-OH is 9. The third-order valence-corrected chi connectivity index (χ3v) is 14.0. The molecule has 96 heavy (non-hydrogen) atoms. The monoisotopic (exact) mass is 1480 g/mol. The van der Waals surface area contributed by atoms with Gasteiger partial charge < -0.3 is 121 Å². The molecule has 5 aliphatic rings. The van der Waals surface area contributed by atoms with E-state index in [0.717, 1.165) is 5.02 Å². The van der Waals surface area contributed by atoms with Gasteiger partial charge in [0.1, 0.15) is 54.9 Å². The maximum absolute atomic E-state index is 11.4. The molecule has 0 bridgehead atoms. The number of hydrogen-bond donors (Lipinski definition) is 11. The number of hydrogen-bond acceptors (Lipinski definition) is 31.